The van der Waals surface area contributed by atoms with Crippen LogP contribution in [0.2, 0.25) is 18.6 Å². The van der Waals surface area contributed by atoms with Crippen molar-refractivity contribution in [3.05, 3.63) is 12.7 Å². The minimum absolute atomic E-state index is 0.502. The summed E-state index contributed by atoms with van der Waals surface area (Å²) in [5, 5.41) is 0. The van der Waals surface area contributed by atoms with Crippen molar-refractivity contribution in [1.82, 2.24) is 4.90 Å². The van der Waals surface area contributed by atoms with Crippen molar-refractivity contribution in [3.63, 3.8) is 0 Å². The van der Waals surface area contributed by atoms with Gasteiger partial charge in [-0.2, -0.15) is 0 Å². The highest BCUT2D eigenvalue weighted by Gasteiger charge is 2.14. The molecule has 14 heavy (non-hydrogen) atoms. The second-order valence-corrected chi connectivity index (χ2v) is 8.18. The Kier molecular flexibility index (Phi) is 5.49. The number of hydrogen-bond donors (Lipinski definition) is 0. The minimum atomic E-state index is -0.502. The molecule has 0 amide bonds. The SMILES string of the molecule is C=CC(CCN1CCCCC1)[SiH](C)C. The maximum absolute atomic E-state index is 3.96. The molecule has 0 aromatic carbocycles. The van der Waals surface area contributed by atoms with E-state index in [0.717, 1.165) is 5.54 Å². The second kappa shape index (κ2) is 6.41. The number of nitrogens with zero attached hydrogens (tertiary/aromatic N) is 1. The van der Waals surface area contributed by atoms with E-state index in [4.69, 9.17) is 0 Å². The third kappa shape index (κ3) is 3.97. The quantitative estimate of drug-likeness (QED) is 0.499. The molecule has 0 spiro atoms. The Labute approximate surface area is 90.8 Å². The lowest BCUT2D eigenvalue weighted by atomic mass is 10.1. The van der Waals surface area contributed by atoms with E-state index in [2.05, 4.69) is 30.6 Å². The van der Waals surface area contributed by atoms with Crippen LogP contribution in [0.5, 0.6) is 0 Å². The van der Waals surface area contributed by atoms with Crippen LogP contribution in [0.3, 0.4) is 0 Å². The van der Waals surface area contributed by atoms with Crippen molar-refractivity contribution >= 4 is 8.80 Å². The third-order valence-electron chi connectivity index (χ3n) is 3.39. The number of allylic oxidation sites excluding steroid dienone is 1. The molecule has 0 aliphatic carbocycles. The van der Waals surface area contributed by atoms with Gasteiger partial charge in [0.25, 0.3) is 0 Å². The van der Waals surface area contributed by atoms with Crippen molar-refractivity contribution in [3.8, 4) is 0 Å². The highest BCUT2D eigenvalue weighted by Crippen LogP contribution is 2.18. The summed E-state index contributed by atoms with van der Waals surface area (Å²) in [6, 6.07) is 0. The Morgan fingerprint density at radius 3 is 2.43 bits per heavy atom. The van der Waals surface area contributed by atoms with Crippen LogP contribution < -0.4 is 0 Å². The fraction of sp³-hybridized carbons (Fsp3) is 0.833. The molecule has 1 nitrogen and oxygen atoms in total. The molecule has 1 rings (SSSR count). The highest BCUT2D eigenvalue weighted by atomic mass is 28.3. The van der Waals surface area contributed by atoms with E-state index in [9.17, 15) is 0 Å². The first-order valence-electron chi connectivity index (χ1n) is 6.09. The topological polar surface area (TPSA) is 3.24 Å². The number of likely N-dealkylation sites (tertiary alicyclic amines) is 1. The fourth-order valence-corrected chi connectivity index (χ4v) is 3.60. The van der Waals surface area contributed by atoms with Crippen LogP contribution in [0, 0.1) is 0 Å². The van der Waals surface area contributed by atoms with Crippen LogP contribution in [0.15, 0.2) is 12.7 Å². The van der Waals surface area contributed by atoms with Gasteiger partial charge in [-0.1, -0.05) is 25.6 Å². The number of rotatable bonds is 5. The molecule has 0 bridgehead atoms. The predicted octanol–water partition coefficient (Wildman–Crippen LogP) is 2.91. The van der Waals surface area contributed by atoms with Crippen molar-refractivity contribution in [2.45, 2.75) is 44.3 Å². The molecule has 0 saturated carbocycles. The Bertz CT molecular complexity index is 162. The zero-order chi connectivity index (χ0) is 10.4. The van der Waals surface area contributed by atoms with Gasteiger partial charge in [0.15, 0.2) is 0 Å². The van der Waals surface area contributed by atoms with Gasteiger partial charge in [0.2, 0.25) is 0 Å². The Balaban J connectivity index is 2.20. The Hall–Kier alpha value is -0.0831. The van der Waals surface area contributed by atoms with Gasteiger partial charge in [-0.05, 0) is 44.4 Å². The normalized spacial score (nSPS) is 21.1. The van der Waals surface area contributed by atoms with E-state index in [1.165, 1.54) is 45.3 Å². The summed E-state index contributed by atoms with van der Waals surface area (Å²) in [5.74, 6) is 0. The molecule has 1 heterocycles. The maximum Gasteiger partial charge on any atom is 0.0380 e. The van der Waals surface area contributed by atoms with Gasteiger partial charge in [0.05, 0.1) is 0 Å². The third-order valence-corrected chi connectivity index (χ3v) is 5.70. The van der Waals surface area contributed by atoms with Crippen molar-refractivity contribution in [2.24, 2.45) is 0 Å². The summed E-state index contributed by atoms with van der Waals surface area (Å²) in [7, 11) is -0.502. The van der Waals surface area contributed by atoms with Crippen LogP contribution in [0.4, 0.5) is 0 Å². The lowest BCUT2D eigenvalue weighted by Crippen LogP contribution is -2.31. The van der Waals surface area contributed by atoms with E-state index < -0.39 is 8.80 Å². The average molecular weight is 211 g/mol. The largest absolute Gasteiger partial charge is 0.303 e. The van der Waals surface area contributed by atoms with Gasteiger partial charge in [0, 0.05) is 8.80 Å². The van der Waals surface area contributed by atoms with Gasteiger partial charge in [-0.25, -0.2) is 0 Å². The molecule has 2 heteroatoms. The Morgan fingerprint density at radius 1 is 1.29 bits per heavy atom. The number of piperidine rings is 1. The number of hydrogen-bond acceptors (Lipinski definition) is 1. The standard InChI is InChI=1S/C12H25NSi/c1-4-12(14(2)3)8-11-13-9-6-5-7-10-13/h4,12,14H,1,5-11H2,2-3H3. The predicted molar refractivity (Wildman–Crippen MR) is 67.7 cm³/mol. The maximum atomic E-state index is 3.96. The Morgan fingerprint density at radius 2 is 1.93 bits per heavy atom. The molecular weight excluding hydrogens is 186 g/mol. The van der Waals surface area contributed by atoms with Crippen molar-refractivity contribution in [1.29, 1.82) is 0 Å². The molecule has 1 aliphatic rings. The van der Waals surface area contributed by atoms with Gasteiger partial charge in [-0.15, -0.1) is 6.58 Å². The van der Waals surface area contributed by atoms with Gasteiger partial charge in [-0.3, -0.25) is 0 Å². The molecule has 1 atom stereocenters. The van der Waals surface area contributed by atoms with Crippen LogP contribution in [-0.2, 0) is 0 Å². The van der Waals surface area contributed by atoms with Gasteiger partial charge in [0.1, 0.15) is 0 Å². The first kappa shape index (κ1) is 12.0. The molecule has 82 valence electrons. The molecule has 1 unspecified atom stereocenters. The summed E-state index contributed by atoms with van der Waals surface area (Å²) in [4.78, 5) is 2.64. The molecule has 0 radical (unpaired) electrons. The highest BCUT2D eigenvalue weighted by molar-refractivity contribution is 6.58. The van der Waals surface area contributed by atoms with Crippen molar-refractivity contribution in [2.75, 3.05) is 19.6 Å². The summed E-state index contributed by atoms with van der Waals surface area (Å²) in [6.07, 6.45) is 7.82. The zero-order valence-corrected chi connectivity index (χ0v) is 11.0. The second-order valence-electron chi connectivity index (χ2n) is 4.83. The van der Waals surface area contributed by atoms with Crippen LogP contribution in [0.25, 0.3) is 0 Å². The van der Waals surface area contributed by atoms with E-state index in [1.807, 2.05) is 0 Å². The van der Waals surface area contributed by atoms with Gasteiger partial charge < -0.3 is 4.90 Å². The van der Waals surface area contributed by atoms with E-state index in [0.29, 0.717) is 0 Å². The molecule has 0 aromatic heterocycles. The summed E-state index contributed by atoms with van der Waals surface area (Å²) in [5.41, 5.74) is 0.844. The molecule has 1 aliphatic heterocycles. The molecular formula is C12H25NSi. The van der Waals surface area contributed by atoms with Crippen molar-refractivity contribution < 1.29 is 0 Å². The van der Waals surface area contributed by atoms with Crippen LogP contribution in [-0.4, -0.2) is 33.3 Å². The lowest BCUT2D eigenvalue weighted by molar-refractivity contribution is 0.227. The average Bonchev–Trinajstić information content (AvgIpc) is 2.20. The monoisotopic (exact) mass is 211 g/mol. The van der Waals surface area contributed by atoms with Crippen LogP contribution in [0.1, 0.15) is 25.7 Å². The first-order chi connectivity index (χ1) is 6.74. The smallest absolute Gasteiger partial charge is 0.0380 e. The molecule has 0 aromatic rings. The fourth-order valence-electron chi connectivity index (χ4n) is 2.24. The summed E-state index contributed by atoms with van der Waals surface area (Å²) >= 11 is 0. The van der Waals surface area contributed by atoms with Gasteiger partial charge >= 0.3 is 0 Å². The molecule has 1 fully saturated rings. The van der Waals surface area contributed by atoms with E-state index in [-0.39, 0.29) is 0 Å². The van der Waals surface area contributed by atoms with Crippen LogP contribution >= 0.6 is 0 Å². The minimum Gasteiger partial charge on any atom is -0.303 e. The summed E-state index contributed by atoms with van der Waals surface area (Å²) < 4.78 is 0. The first-order valence-corrected chi connectivity index (χ1v) is 9.06. The molecule has 0 N–H and O–H groups in total. The van der Waals surface area contributed by atoms with E-state index in [1.54, 1.807) is 0 Å². The zero-order valence-electron chi connectivity index (χ0n) is 9.84. The lowest BCUT2D eigenvalue weighted by Gasteiger charge is -2.28. The molecule has 1 saturated heterocycles. The summed E-state index contributed by atoms with van der Waals surface area (Å²) in [6.45, 7) is 12.8. The van der Waals surface area contributed by atoms with E-state index >= 15 is 0 Å².